The zero-order valence-corrected chi connectivity index (χ0v) is 7.39. The van der Waals surface area contributed by atoms with Gasteiger partial charge in [-0.2, -0.15) is 18.3 Å². The minimum Gasteiger partial charge on any atom is -0.753 e. The lowest BCUT2D eigenvalue weighted by atomic mass is 10.7. The highest BCUT2D eigenvalue weighted by molar-refractivity contribution is 7.78. The highest BCUT2D eigenvalue weighted by Gasteiger charge is 2.38. The smallest absolute Gasteiger partial charge is 0.490 e. The molecule has 14 heavy (non-hydrogen) atoms. The molecule has 0 aromatic heterocycles. The van der Waals surface area contributed by atoms with Crippen molar-refractivity contribution in [1.29, 1.82) is 0 Å². The maximum absolute atomic E-state index is 10.6. The number of guanidine groups is 1. The maximum Gasteiger partial charge on any atom is 0.490 e. The zero-order chi connectivity index (χ0) is 12.4. The quantitative estimate of drug-likeness (QED) is 0.224. The molecule has 0 aliphatic heterocycles. The molecule has 0 fully saturated rings. The lowest BCUT2D eigenvalue weighted by Gasteiger charge is -1.93. The SMILES string of the molecule is NC(N)=[NH2+].O=C(O)C(F)(F)F.[N-]=C=S. The van der Waals surface area contributed by atoms with Crippen LogP contribution in [-0.2, 0) is 4.79 Å². The van der Waals surface area contributed by atoms with Gasteiger partial charge in [0.25, 0.3) is 0 Å². The number of carbonyl (C=O) groups is 1. The number of halogens is 3. The number of carboxylic acids is 1. The molecule has 10 heteroatoms. The number of isothiocyanates is 1. The van der Waals surface area contributed by atoms with E-state index in [1.807, 2.05) is 0 Å². The molecule has 0 spiro atoms. The summed E-state index contributed by atoms with van der Waals surface area (Å²) in [5, 5.41) is 20.2. The number of rotatable bonds is 0. The number of alkyl halides is 3. The van der Waals surface area contributed by atoms with Gasteiger partial charge in [0.1, 0.15) is 0 Å². The summed E-state index contributed by atoms with van der Waals surface area (Å²) in [5.74, 6) is -2.84. The van der Waals surface area contributed by atoms with Gasteiger partial charge < -0.3 is 10.5 Å². The molecule has 0 heterocycles. The van der Waals surface area contributed by atoms with E-state index in [-0.39, 0.29) is 5.96 Å². The molecule has 7 N–H and O–H groups in total. The summed E-state index contributed by atoms with van der Waals surface area (Å²) in [7, 11) is 0. The molecule has 0 rings (SSSR count). The van der Waals surface area contributed by atoms with Crippen LogP contribution in [0.25, 0.3) is 5.41 Å². The van der Waals surface area contributed by atoms with Crippen molar-refractivity contribution >= 4 is 29.3 Å². The van der Waals surface area contributed by atoms with E-state index in [2.05, 4.69) is 29.1 Å². The minimum absolute atomic E-state index is 0.0833. The Labute approximate surface area is 81.7 Å². The summed E-state index contributed by atoms with van der Waals surface area (Å²) in [6.45, 7) is 0. The zero-order valence-electron chi connectivity index (χ0n) is 6.58. The van der Waals surface area contributed by atoms with E-state index in [4.69, 9.17) is 15.3 Å². The van der Waals surface area contributed by atoms with E-state index < -0.39 is 12.1 Å². The second-order valence-electron chi connectivity index (χ2n) is 1.39. The Bertz CT molecular complexity index is 219. The molecule has 0 aromatic rings. The summed E-state index contributed by atoms with van der Waals surface area (Å²) in [6, 6.07) is 0. The fraction of sp³-hybridized carbons (Fsp3) is 0.250. The monoisotopic (exact) mass is 232 g/mol. The molecule has 0 aliphatic rings. The van der Waals surface area contributed by atoms with E-state index in [0.717, 1.165) is 0 Å². The minimum atomic E-state index is -5.08. The van der Waals surface area contributed by atoms with Crippen molar-refractivity contribution in [3.8, 4) is 0 Å². The van der Waals surface area contributed by atoms with Crippen molar-refractivity contribution in [3.63, 3.8) is 0 Å². The Morgan fingerprint density at radius 1 is 1.50 bits per heavy atom. The Balaban J connectivity index is -0.000000147. The second kappa shape index (κ2) is 9.42. The number of hydrogen-bond donors (Lipinski definition) is 4. The predicted octanol–water partition coefficient (Wildman–Crippen LogP) is -1.69. The fourth-order valence-corrected chi connectivity index (χ4v) is 0. The molecule has 0 saturated heterocycles. The summed E-state index contributed by atoms with van der Waals surface area (Å²) in [5.41, 5.74) is 9.17. The first-order valence-corrected chi connectivity index (χ1v) is 2.95. The molecule has 0 radical (unpaired) electrons. The van der Waals surface area contributed by atoms with Crippen LogP contribution in [0, 0.1) is 0 Å². The van der Waals surface area contributed by atoms with Crippen LogP contribution >= 0.6 is 12.2 Å². The standard InChI is InChI=1S/C2HF3O2.CH5N3.CNS/c3-2(4,5)1(6)7;2-1(3)4;2-1-3/h(H,6,7);(H5,2,3,4);/q;;-1/p+1. The van der Waals surface area contributed by atoms with Crippen LogP contribution in [0.4, 0.5) is 13.2 Å². The summed E-state index contributed by atoms with van der Waals surface area (Å²) < 4.78 is 31.7. The first kappa shape index (κ1) is 18.2. The molecule has 82 valence electrons. The molecule has 0 saturated carbocycles. The highest BCUT2D eigenvalue weighted by atomic mass is 32.1. The fourth-order valence-electron chi connectivity index (χ4n) is 0. The molecule has 0 aromatic carbocycles. The molecular weight excluding hydrogens is 225 g/mol. The molecule has 0 unspecified atom stereocenters. The van der Waals surface area contributed by atoms with Crippen LogP contribution in [0.5, 0.6) is 0 Å². The molecule has 0 amide bonds. The van der Waals surface area contributed by atoms with Crippen LogP contribution in [-0.4, -0.2) is 28.4 Å². The number of nitrogens with two attached hydrogens (primary N) is 3. The molecule has 0 bridgehead atoms. The number of carboxylic acid groups (broad SMARTS) is 1. The number of thiocarbonyl (C=S) groups is 1. The third-order valence-corrected chi connectivity index (χ3v) is 0.243. The third kappa shape index (κ3) is 48.0. The van der Waals surface area contributed by atoms with Gasteiger partial charge in [-0.25, -0.2) is 4.79 Å². The summed E-state index contributed by atoms with van der Waals surface area (Å²) in [4.78, 5) is 8.90. The lowest BCUT2D eigenvalue weighted by Crippen LogP contribution is -2.51. The Hall–Kier alpha value is -1.67. The molecule has 0 aliphatic carbocycles. The number of aliphatic carboxylic acids is 1. The number of nitrogens with zero attached hydrogens (tertiary/aromatic N) is 1. The average Bonchev–Trinajstić information content (AvgIpc) is 1.84. The largest absolute Gasteiger partial charge is 0.753 e. The van der Waals surface area contributed by atoms with Gasteiger partial charge >= 0.3 is 18.1 Å². The van der Waals surface area contributed by atoms with Crippen molar-refractivity contribution in [2.24, 2.45) is 11.5 Å². The maximum atomic E-state index is 10.6. The molecular formula is C4H7F3N4O2S. The van der Waals surface area contributed by atoms with Crippen LogP contribution in [0.15, 0.2) is 0 Å². The van der Waals surface area contributed by atoms with E-state index in [0.29, 0.717) is 0 Å². The average molecular weight is 232 g/mol. The summed E-state index contributed by atoms with van der Waals surface area (Å²) >= 11 is 3.70. The first-order valence-electron chi connectivity index (χ1n) is 2.54. The van der Waals surface area contributed by atoms with E-state index >= 15 is 0 Å². The Morgan fingerprint density at radius 3 is 1.57 bits per heavy atom. The van der Waals surface area contributed by atoms with E-state index in [1.54, 1.807) is 0 Å². The van der Waals surface area contributed by atoms with Crippen molar-refractivity contribution < 1.29 is 28.5 Å². The Morgan fingerprint density at radius 2 is 1.57 bits per heavy atom. The van der Waals surface area contributed by atoms with E-state index in [1.165, 1.54) is 5.16 Å². The van der Waals surface area contributed by atoms with Crippen molar-refractivity contribution in [2.75, 3.05) is 0 Å². The topological polar surface area (TPSA) is 137 Å². The molecule has 6 nitrogen and oxygen atoms in total. The second-order valence-corrected chi connectivity index (χ2v) is 1.58. The van der Waals surface area contributed by atoms with Gasteiger partial charge in [0.2, 0.25) is 0 Å². The summed E-state index contributed by atoms with van der Waals surface area (Å²) in [6.07, 6.45) is -5.08. The van der Waals surface area contributed by atoms with Gasteiger partial charge in [-0.15, -0.1) is 0 Å². The predicted molar refractivity (Wildman–Crippen MR) is 45.0 cm³/mol. The lowest BCUT2D eigenvalue weighted by molar-refractivity contribution is -0.192. The first-order chi connectivity index (χ1) is 6.09. The van der Waals surface area contributed by atoms with Crippen LogP contribution in [0.1, 0.15) is 0 Å². The van der Waals surface area contributed by atoms with Gasteiger partial charge in [0.05, 0.1) is 0 Å². The van der Waals surface area contributed by atoms with Gasteiger partial charge in [-0.3, -0.25) is 16.9 Å². The van der Waals surface area contributed by atoms with Crippen molar-refractivity contribution in [3.05, 3.63) is 5.41 Å². The van der Waals surface area contributed by atoms with Crippen LogP contribution < -0.4 is 16.9 Å². The van der Waals surface area contributed by atoms with Crippen molar-refractivity contribution in [1.82, 2.24) is 0 Å². The van der Waals surface area contributed by atoms with Crippen molar-refractivity contribution in [2.45, 2.75) is 6.18 Å². The van der Waals surface area contributed by atoms with Gasteiger partial charge in [0.15, 0.2) is 0 Å². The highest BCUT2D eigenvalue weighted by Crippen LogP contribution is 2.13. The van der Waals surface area contributed by atoms with E-state index in [9.17, 15) is 13.2 Å². The Kier molecular flexibility index (Phi) is 12.2. The van der Waals surface area contributed by atoms with Gasteiger partial charge in [-0.05, 0) is 0 Å². The van der Waals surface area contributed by atoms with Crippen LogP contribution in [0.2, 0.25) is 0 Å². The van der Waals surface area contributed by atoms with Crippen LogP contribution in [0.3, 0.4) is 0 Å². The normalized spacial score (nSPS) is 7.93. The van der Waals surface area contributed by atoms with Gasteiger partial charge in [0, 0.05) is 0 Å². The number of hydrogen-bond acceptors (Lipinski definition) is 2. The van der Waals surface area contributed by atoms with Gasteiger partial charge in [-0.1, -0.05) is 12.2 Å². The molecule has 0 atom stereocenters. The third-order valence-electron chi connectivity index (χ3n) is 0.243.